The van der Waals surface area contributed by atoms with E-state index in [0.717, 1.165) is 0 Å². The summed E-state index contributed by atoms with van der Waals surface area (Å²) in [7, 11) is 1.31. The molecule has 1 heterocycles. The molecule has 1 aromatic rings. The number of esters is 1. The van der Waals surface area contributed by atoms with Gasteiger partial charge in [-0.15, -0.1) is 0 Å². The van der Waals surface area contributed by atoms with Crippen LogP contribution in [0.3, 0.4) is 0 Å². The number of carbonyl (C=O) groups excluding carboxylic acids is 2. The fraction of sp³-hybridized carbons (Fsp3) is 0.444. The van der Waals surface area contributed by atoms with Gasteiger partial charge in [-0.2, -0.15) is 4.37 Å². The second-order valence-corrected chi connectivity index (χ2v) is 3.73. The number of hydrogen-bond donors (Lipinski definition) is 1. The third kappa shape index (κ3) is 2.76. The van der Waals surface area contributed by atoms with Crippen LogP contribution in [0.4, 0.5) is 5.00 Å². The van der Waals surface area contributed by atoms with E-state index in [0.29, 0.717) is 16.3 Å². The van der Waals surface area contributed by atoms with E-state index in [1.165, 1.54) is 25.6 Å². The maximum Gasteiger partial charge on any atom is 0.325 e. The number of aryl methyl sites for hydroxylation is 1. The fourth-order valence-corrected chi connectivity index (χ4v) is 1.97. The number of carbonyl (C=O) groups is 2. The lowest BCUT2D eigenvalue weighted by molar-refractivity contribution is -0.138. The summed E-state index contributed by atoms with van der Waals surface area (Å²) < 4.78 is 8.52. The van der Waals surface area contributed by atoms with E-state index in [-0.39, 0.29) is 18.3 Å². The van der Waals surface area contributed by atoms with Gasteiger partial charge in [0.25, 0.3) is 0 Å². The molecule has 0 saturated heterocycles. The van der Waals surface area contributed by atoms with Crippen LogP contribution in [0.15, 0.2) is 0 Å². The Kier molecular flexibility index (Phi) is 3.79. The van der Waals surface area contributed by atoms with E-state index < -0.39 is 0 Å². The van der Waals surface area contributed by atoms with Crippen molar-refractivity contribution in [3.63, 3.8) is 0 Å². The maximum absolute atomic E-state index is 11.3. The Morgan fingerprint density at radius 1 is 1.53 bits per heavy atom. The van der Waals surface area contributed by atoms with Crippen LogP contribution in [0.1, 0.15) is 23.0 Å². The van der Waals surface area contributed by atoms with Crippen molar-refractivity contribution in [2.24, 2.45) is 0 Å². The van der Waals surface area contributed by atoms with Gasteiger partial charge in [0.05, 0.1) is 18.4 Å². The van der Waals surface area contributed by atoms with Crippen molar-refractivity contribution in [1.29, 1.82) is 0 Å². The monoisotopic (exact) mass is 228 g/mol. The van der Waals surface area contributed by atoms with Crippen molar-refractivity contribution in [1.82, 2.24) is 4.37 Å². The summed E-state index contributed by atoms with van der Waals surface area (Å²) in [5, 5.41) is 3.44. The maximum atomic E-state index is 11.3. The van der Waals surface area contributed by atoms with Gasteiger partial charge in [-0.25, -0.2) is 0 Å². The predicted octanol–water partition coefficient (Wildman–Crippen LogP) is 1.24. The van der Waals surface area contributed by atoms with Crippen molar-refractivity contribution in [3.05, 3.63) is 11.3 Å². The van der Waals surface area contributed by atoms with Crippen molar-refractivity contribution in [2.45, 2.75) is 13.8 Å². The van der Waals surface area contributed by atoms with Gasteiger partial charge in [0.2, 0.25) is 0 Å². The average molecular weight is 228 g/mol. The Hall–Kier alpha value is -1.43. The molecule has 1 rings (SSSR count). The number of methoxy groups -OCH3 is 1. The normalized spacial score (nSPS) is 9.80. The molecule has 6 heteroatoms. The van der Waals surface area contributed by atoms with Gasteiger partial charge >= 0.3 is 5.97 Å². The van der Waals surface area contributed by atoms with Crippen LogP contribution in [0.2, 0.25) is 0 Å². The fourth-order valence-electron chi connectivity index (χ4n) is 1.13. The van der Waals surface area contributed by atoms with Crippen LogP contribution in [0.5, 0.6) is 0 Å². The molecule has 15 heavy (non-hydrogen) atoms. The number of hydrogen-bond acceptors (Lipinski definition) is 6. The molecule has 0 atom stereocenters. The number of nitrogens with zero attached hydrogens (tertiary/aromatic N) is 1. The Morgan fingerprint density at radius 2 is 2.20 bits per heavy atom. The second-order valence-electron chi connectivity index (χ2n) is 2.96. The van der Waals surface area contributed by atoms with Gasteiger partial charge in [0.15, 0.2) is 5.78 Å². The largest absolute Gasteiger partial charge is 0.468 e. The lowest BCUT2D eigenvalue weighted by atomic mass is 10.2. The summed E-state index contributed by atoms with van der Waals surface area (Å²) >= 11 is 1.17. The number of aromatic nitrogens is 1. The van der Waals surface area contributed by atoms with Gasteiger partial charge in [-0.3, -0.25) is 9.59 Å². The van der Waals surface area contributed by atoms with E-state index in [1.54, 1.807) is 6.92 Å². The highest BCUT2D eigenvalue weighted by Gasteiger charge is 2.15. The third-order valence-corrected chi connectivity index (χ3v) is 2.73. The Bertz CT molecular complexity index is 387. The molecular weight excluding hydrogens is 216 g/mol. The lowest BCUT2D eigenvalue weighted by Gasteiger charge is -2.03. The number of ketones is 1. The highest BCUT2D eigenvalue weighted by molar-refractivity contribution is 7.10. The summed E-state index contributed by atoms with van der Waals surface area (Å²) in [5.41, 5.74) is 1.23. The summed E-state index contributed by atoms with van der Waals surface area (Å²) in [6.07, 6.45) is 0. The zero-order chi connectivity index (χ0) is 11.4. The van der Waals surface area contributed by atoms with E-state index in [9.17, 15) is 9.59 Å². The summed E-state index contributed by atoms with van der Waals surface area (Å²) in [6, 6.07) is 0. The van der Waals surface area contributed by atoms with Gasteiger partial charge in [-0.1, -0.05) is 0 Å². The number of Topliss-reactive ketones (excluding diaryl/α,β-unsaturated/α-hetero) is 1. The standard InChI is InChI=1S/C9H12N2O3S/c1-5-8(6(2)12)9(15-11-5)10-4-7(13)14-3/h10H,4H2,1-3H3. The number of rotatable bonds is 4. The van der Waals surface area contributed by atoms with Gasteiger partial charge < -0.3 is 10.1 Å². The van der Waals surface area contributed by atoms with Gasteiger partial charge in [0.1, 0.15) is 11.5 Å². The summed E-state index contributed by atoms with van der Waals surface area (Å²) in [4.78, 5) is 22.2. The molecule has 0 amide bonds. The molecule has 5 nitrogen and oxygen atoms in total. The molecule has 0 bridgehead atoms. The van der Waals surface area contributed by atoms with Crippen molar-refractivity contribution >= 4 is 28.3 Å². The zero-order valence-electron chi connectivity index (χ0n) is 8.79. The molecule has 0 unspecified atom stereocenters. The zero-order valence-corrected chi connectivity index (χ0v) is 9.60. The summed E-state index contributed by atoms with van der Waals surface area (Å²) in [5.74, 6) is -0.441. The molecule has 1 aromatic heterocycles. The molecular formula is C9H12N2O3S. The molecule has 0 aromatic carbocycles. The first kappa shape index (κ1) is 11.6. The molecule has 82 valence electrons. The SMILES string of the molecule is COC(=O)CNc1snc(C)c1C(C)=O. The Balaban J connectivity index is 2.77. The van der Waals surface area contributed by atoms with Crippen molar-refractivity contribution in [2.75, 3.05) is 19.0 Å². The molecule has 0 fully saturated rings. The summed E-state index contributed by atoms with van der Waals surface area (Å²) in [6.45, 7) is 3.27. The molecule has 0 radical (unpaired) electrons. The predicted molar refractivity (Wildman–Crippen MR) is 57.4 cm³/mol. The van der Waals surface area contributed by atoms with Crippen LogP contribution in [0, 0.1) is 6.92 Å². The van der Waals surface area contributed by atoms with Crippen LogP contribution in [0.25, 0.3) is 0 Å². The van der Waals surface area contributed by atoms with Crippen LogP contribution in [-0.4, -0.2) is 29.8 Å². The van der Waals surface area contributed by atoms with E-state index in [2.05, 4.69) is 14.4 Å². The van der Waals surface area contributed by atoms with E-state index >= 15 is 0 Å². The van der Waals surface area contributed by atoms with Crippen molar-refractivity contribution in [3.8, 4) is 0 Å². The molecule has 0 aliphatic rings. The van der Waals surface area contributed by atoms with Crippen LogP contribution >= 0.6 is 11.5 Å². The van der Waals surface area contributed by atoms with Gasteiger partial charge in [0, 0.05) is 0 Å². The number of ether oxygens (including phenoxy) is 1. The number of nitrogens with one attached hydrogen (secondary N) is 1. The minimum atomic E-state index is -0.379. The van der Waals surface area contributed by atoms with Crippen LogP contribution in [-0.2, 0) is 9.53 Å². The second kappa shape index (κ2) is 4.88. The molecule has 0 aliphatic carbocycles. The Morgan fingerprint density at radius 3 is 2.73 bits per heavy atom. The average Bonchev–Trinajstić information content (AvgIpc) is 2.56. The topological polar surface area (TPSA) is 68.3 Å². The third-order valence-electron chi connectivity index (χ3n) is 1.84. The first-order valence-electron chi connectivity index (χ1n) is 4.34. The molecule has 0 spiro atoms. The lowest BCUT2D eigenvalue weighted by Crippen LogP contribution is -2.15. The van der Waals surface area contributed by atoms with Crippen LogP contribution < -0.4 is 5.32 Å². The first-order valence-corrected chi connectivity index (χ1v) is 5.11. The first-order chi connectivity index (χ1) is 7.06. The highest BCUT2D eigenvalue weighted by atomic mass is 32.1. The van der Waals surface area contributed by atoms with E-state index in [4.69, 9.17) is 0 Å². The Labute approximate surface area is 91.6 Å². The molecule has 1 N–H and O–H groups in total. The number of anilines is 1. The highest BCUT2D eigenvalue weighted by Crippen LogP contribution is 2.24. The molecule has 0 saturated carbocycles. The van der Waals surface area contributed by atoms with Gasteiger partial charge in [-0.05, 0) is 25.4 Å². The molecule has 0 aliphatic heterocycles. The van der Waals surface area contributed by atoms with E-state index in [1.807, 2.05) is 0 Å². The quantitative estimate of drug-likeness (QED) is 0.620. The minimum Gasteiger partial charge on any atom is -0.468 e. The smallest absolute Gasteiger partial charge is 0.325 e. The minimum absolute atomic E-state index is 0.0401. The van der Waals surface area contributed by atoms with Crippen molar-refractivity contribution < 1.29 is 14.3 Å².